The van der Waals surface area contributed by atoms with Crippen molar-refractivity contribution in [3.8, 4) is 0 Å². The second kappa shape index (κ2) is 6.46. The van der Waals surface area contributed by atoms with Crippen molar-refractivity contribution >= 4 is 30.6 Å². The Kier molecular flexibility index (Phi) is 4.68. The molecular weight excluding hydrogens is 346 g/mol. The van der Waals surface area contributed by atoms with Gasteiger partial charge in [-0.15, -0.1) is 0 Å². The van der Waals surface area contributed by atoms with Crippen molar-refractivity contribution < 1.29 is 16.8 Å². The zero-order valence-corrected chi connectivity index (χ0v) is 15.2. The van der Waals surface area contributed by atoms with E-state index >= 15 is 0 Å². The van der Waals surface area contributed by atoms with Crippen LogP contribution in [0, 0.1) is 0 Å². The van der Waals surface area contributed by atoms with Crippen molar-refractivity contribution in [3.63, 3.8) is 0 Å². The van der Waals surface area contributed by atoms with Crippen LogP contribution >= 0.6 is 0 Å². The average molecular weight is 367 g/mol. The first-order valence-corrected chi connectivity index (χ1v) is 11.3. The number of benzene rings is 2. The predicted molar refractivity (Wildman–Crippen MR) is 95.2 cm³/mol. The first-order valence-electron chi connectivity index (χ1n) is 8.04. The van der Waals surface area contributed by atoms with E-state index in [0.717, 1.165) is 10.8 Å². The molecule has 1 heterocycles. The molecule has 0 spiro atoms. The van der Waals surface area contributed by atoms with Crippen molar-refractivity contribution in [1.29, 1.82) is 0 Å². The standard InChI is InChI=1S/C17H21NO4S2/c1-2-10-18(16-9-11-23(19,20)13-16)24(21,22)17-8-7-14-5-3-4-6-15(14)12-17/h3-8,12,16H,2,9-11,13H2,1H3/t16-/m1/s1. The van der Waals surface area contributed by atoms with Gasteiger partial charge in [0.15, 0.2) is 9.84 Å². The summed E-state index contributed by atoms with van der Waals surface area (Å²) in [7, 11) is -6.86. The van der Waals surface area contributed by atoms with Gasteiger partial charge in [-0.25, -0.2) is 16.8 Å². The van der Waals surface area contributed by atoms with Crippen molar-refractivity contribution in [3.05, 3.63) is 42.5 Å². The van der Waals surface area contributed by atoms with E-state index in [-0.39, 0.29) is 16.4 Å². The molecule has 24 heavy (non-hydrogen) atoms. The van der Waals surface area contributed by atoms with Gasteiger partial charge in [0, 0.05) is 12.6 Å². The van der Waals surface area contributed by atoms with Crippen LogP contribution in [0.1, 0.15) is 19.8 Å². The predicted octanol–water partition coefficient (Wildman–Crippen LogP) is 2.43. The molecule has 1 fully saturated rings. The first kappa shape index (κ1) is 17.4. The van der Waals surface area contributed by atoms with Crippen LogP contribution in [-0.2, 0) is 19.9 Å². The summed E-state index contributed by atoms with van der Waals surface area (Å²) in [5, 5.41) is 1.83. The molecule has 3 rings (SSSR count). The largest absolute Gasteiger partial charge is 0.243 e. The Balaban J connectivity index is 2.01. The van der Waals surface area contributed by atoms with Gasteiger partial charge in [-0.1, -0.05) is 37.3 Å². The molecule has 2 aromatic carbocycles. The molecular formula is C17H21NO4S2. The number of rotatable bonds is 5. The Morgan fingerprint density at radius 1 is 1.12 bits per heavy atom. The SMILES string of the molecule is CCCN([C@@H]1CCS(=O)(=O)C1)S(=O)(=O)c1ccc2ccccc2c1. The normalized spacial score (nSPS) is 20.7. The number of hydrogen-bond acceptors (Lipinski definition) is 4. The quantitative estimate of drug-likeness (QED) is 0.814. The highest BCUT2D eigenvalue weighted by Crippen LogP contribution is 2.27. The van der Waals surface area contributed by atoms with Crippen LogP contribution < -0.4 is 0 Å². The van der Waals surface area contributed by atoms with E-state index < -0.39 is 25.9 Å². The minimum Gasteiger partial charge on any atom is -0.229 e. The van der Waals surface area contributed by atoms with Gasteiger partial charge in [0.1, 0.15) is 0 Å². The first-order chi connectivity index (χ1) is 11.3. The molecule has 2 aromatic rings. The second-order valence-electron chi connectivity index (χ2n) is 6.18. The number of sulfone groups is 1. The molecule has 1 atom stereocenters. The lowest BCUT2D eigenvalue weighted by atomic mass is 10.1. The van der Waals surface area contributed by atoms with E-state index in [0.29, 0.717) is 19.4 Å². The third kappa shape index (κ3) is 3.34. The maximum Gasteiger partial charge on any atom is 0.243 e. The fourth-order valence-electron chi connectivity index (χ4n) is 3.19. The van der Waals surface area contributed by atoms with Gasteiger partial charge in [-0.05, 0) is 35.7 Å². The molecule has 0 aromatic heterocycles. The molecule has 0 radical (unpaired) electrons. The topological polar surface area (TPSA) is 71.5 Å². The van der Waals surface area contributed by atoms with Gasteiger partial charge < -0.3 is 0 Å². The molecule has 0 amide bonds. The summed E-state index contributed by atoms with van der Waals surface area (Å²) in [6.45, 7) is 2.22. The van der Waals surface area contributed by atoms with Crippen molar-refractivity contribution in [2.45, 2.75) is 30.7 Å². The average Bonchev–Trinajstić information content (AvgIpc) is 2.91. The summed E-state index contributed by atoms with van der Waals surface area (Å²) >= 11 is 0. The van der Waals surface area contributed by atoms with Gasteiger partial charge in [0.25, 0.3) is 0 Å². The maximum absolute atomic E-state index is 13.1. The van der Waals surface area contributed by atoms with Crippen LogP contribution in [0.25, 0.3) is 10.8 Å². The van der Waals surface area contributed by atoms with Crippen LogP contribution in [0.5, 0.6) is 0 Å². The van der Waals surface area contributed by atoms with Crippen molar-refractivity contribution in [2.24, 2.45) is 0 Å². The Bertz CT molecular complexity index is 951. The minimum absolute atomic E-state index is 0.0606. The third-order valence-corrected chi connectivity index (χ3v) is 8.09. The lowest BCUT2D eigenvalue weighted by molar-refractivity contribution is 0.340. The summed E-state index contributed by atoms with van der Waals surface area (Å²) in [5.74, 6) is -0.0229. The number of hydrogen-bond donors (Lipinski definition) is 0. The van der Waals surface area contributed by atoms with Gasteiger partial charge in [0.2, 0.25) is 10.0 Å². The Morgan fingerprint density at radius 2 is 1.83 bits per heavy atom. The van der Waals surface area contributed by atoms with E-state index in [1.54, 1.807) is 18.2 Å². The molecule has 1 aliphatic rings. The van der Waals surface area contributed by atoms with Gasteiger partial charge in [-0.3, -0.25) is 0 Å². The maximum atomic E-state index is 13.1. The van der Waals surface area contributed by atoms with Crippen molar-refractivity contribution in [2.75, 3.05) is 18.1 Å². The van der Waals surface area contributed by atoms with E-state index in [1.807, 2.05) is 31.2 Å². The Hall–Kier alpha value is -1.44. The van der Waals surface area contributed by atoms with Gasteiger partial charge in [0.05, 0.1) is 16.4 Å². The summed E-state index contributed by atoms with van der Waals surface area (Å²) in [5.41, 5.74) is 0. The molecule has 0 unspecified atom stereocenters. The summed E-state index contributed by atoms with van der Waals surface area (Å²) < 4.78 is 51.1. The number of nitrogens with zero attached hydrogens (tertiary/aromatic N) is 1. The third-order valence-electron chi connectivity index (χ3n) is 4.39. The number of sulfonamides is 1. The van der Waals surface area contributed by atoms with Crippen LogP contribution in [0.3, 0.4) is 0 Å². The molecule has 5 nitrogen and oxygen atoms in total. The van der Waals surface area contributed by atoms with Gasteiger partial charge in [-0.2, -0.15) is 4.31 Å². The number of fused-ring (bicyclic) bond motifs is 1. The fraction of sp³-hybridized carbons (Fsp3) is 0.412. The highest BCUT2D eigenvalue weighted by atomic mass is 32.2. The summed E-state index contributed by atoms with van der Waals surface area (Å²) in [6, 6.07) is 12.2. The molecule has 1 aliphatic heterocycles. The minimum atomic E-state index is -3.72. The van der Waals surface area contributed by atoms with E-state index in [2.05, 4.69) is 0 Å². The zero-order valence-electron chi connectivity index (χ0n) is 13.6. The molecule has 7 heteroatoms. The monoisotopic (exact) mass is 367 g/mol. The van der Waals surface area contributed by atoms with Crippen LogP contribution in [-0.4, -0.2) is 45.2 Å². The van der Waals surface area contributed by atoms with Crippen molar-refractivity contribution in [1.82, 2.24) is 4.31 Å². The molecule has 0 bridgehead atoms. The van der Waals surface area contributed by atoms with Crippen LogP contribution in [0.4, 0.5) is 0 Å². The zero-order chi connectivity index (χ0) is 17.4. The van der Waals surface area contributed by atoms with E-state index in [1.165, 1.54) is 4.31 Å². The van der Waals surface area contributed by atoms with E-state index in [9.17, 15) is 16.8 Å². The summed E-state index contributed by atoms with van der Waals surface area (Å²) in [6.07, 6.45) is 1.01. The lowest BCUT2D eigenvalue weighted by Gasteiger charge is -2.27. The highest BCUT2D eigenvalue weighted by molar-refractivity contribution is 7.92. The Labute approximate surface area is 143 Å². The smallest absolute Gasteiger partial charge is 0.229 e. The molecule has 0 saturated carbocycles. The van der Waals surface area contributed by atoms with Crippen LogP contribution in [0.2, 0.25) is 0 Å². The summed E-state index contributed by atoms with van der Waals surface area (Å²) in [4.78, 5) is 0.221. The molecule has 0 aliphatic carbocycles. The molecule has 1 saturated heterocycles. The fourth-order valence-corrected chi connectivity index (χ4v) is 6.79. The van der Waals surface area contributed by atoms with E-state index in [4.69, 9.17) is 0 Å². The molecule has 0 N–H and O–H groups in total. The molecule has 130 valence electrons. The highest BCUT2D eigenvalue weighted by Gasteiger charge is 2.38. The lowest BCUT2D eigenvalue weighted by Crippen LogP contribution is -2.41. The van der Waals surface area contributed by atoms with Crippen LogP contribution in [0.15, 0.2) is 47.4 Å². The van der Waals surface area contributed by atoms with Gasteiger partial charge >= 0.3 is 0 Å². The second-order valence-corrected chi connectivity index (χ2v) is 10.3. The Morgan fingerprint density at radius 3 is 2.46 bits per heavy atom.